The van der Waals surface area contributed by atoms with E-state index in [0.717, 1.165) is 11.2 Å². The number of carbonyl (C=O) groups excluding carboxylic acids is 1. The lowest BCUT2D eigenvalue weighted by atomic mass is 10.1. The topological polar surface area (TPSA) is 46.4 Å². The van der Waals surface area contributed by atoms with E-state index in [9.17, 15) is 13.6 Å². The Bertz CT molecular complexity index is 1110. The Morgan fingerprint density at radius 2 is 1.75 bits per heavy atom. The van der Waals surface area contributed by atoms with Crippen LogP contribution in [0.3, 0.4) is 0 Å². The van der Waals surface area contributed by atoms with Crippen molar-refractivity contribution in [3.8, 4) is 11.3 Å². The highest BCUT2D eigenvalue weighted by molar-refractivity contribution is 7.99. The highest BCUT2D eigenvalue weighted by atomic mass is 32.2. The molecule has 0 bridgehead atoms. The molecular weight excluding hydrogens is 380 g/mol. The third-order valence-electron chi connectivity index (χ3n) is 4.16. The van der Waals surface area contributed by atoms with Gasteiger partial charge in [0.15, 0.2) is 0 Å². The van der Waals surface area contributed by atoms with Gasteiger partial charge in [-0.25, -0.2) is 4.98 Å². The number of fused-ring (bicyclic) bond motifs is 1. The summed E-state index contributed by atoms with van der Waals surface area (Å²) < 4.78 is 27.5. The molecule has 0 radical (unpaired) electrons. The van der Waals surface area contributed by atoms with Crippen molar-refractivity contribution in [1.29, 1.82) is 0 Å². The Hall–Kier alpha value is -3.19. The number of rotatable bonds is 5. The smallest absolute Gasteiger partial charge is 0.288 e. The van der Waals surface area contributed by atoms with Crippen LogP contribution in [0.15, 0.2) is 84.0 Å². The largest absolute Gasteiger partial charge is 0.321 e. The molecule has 0 saturated heterocycles. The van der Waals surface area contributed by atoms with Crippen LogP contribution in [0.4, 0.5) is 14.5 Å². The molecule has 0 aliphatic rings. The molecule has 0 aliphatic heterocycles. The lowest BCUT2D eigenvalue weighted by Gasteiger charge is -2.12. The van der Waals surface area contributed by atoms with Crippen LogP contribution in [0, 0.1) is 0 Å². The van der Waals surface area contributed by atoms with Gasteiger partial charge < -0.3 is 9.72 Å². The number of nitrogens with zero attached hydrogens (tertiary/aromatic N) is 2. The molecule has 7 heteroatoms. The lowest BCUT2D eigenvalue weighted by Crippen LogP contribution is -2.14. The summed E-state index contributed by atoms with van der Waals surface area (Å²) in [4.78, 5) is 17.6. The summed E-state index contributed by atoms with van der Waals surface area (Å²) in [5, 5.41) is 2.84. The molecular formula is C21H15F2N3OS. The van der Waals surface area contributed by atoms with Crippen molar-refractivity contribution in [3.63, 3.8) is 0 Å². The van der Waals surface area contributed by atoms with E-state index in [2.05, 4.69) is 10.3 Å². The molecule has 140 valence electrons. The quantitative estimate of drug-likeness (QED) is 0.450. The van der Waals surface area contributed by atoms with Gasteiger partial charge in [0.05, 0.1) is 16.9 Å². The molecule has 1 amide bonds. The molecule has 2 aromatic carbocycles. The number of hydrogen-bond donors (Lipinski definition) is 1. The fraction of sp³-hybridized carbons (Fsp3) is 0.0476. The van der Waals surface area contributed by atoms with Gasteiger partial charge >= 0.3 is 0 Å². The number of aromatic nitrogens is 2. The van der Waals surface area contributed by atoms with Crippen molar-refractivity contribution in [2.45, 2.75) is 10.7 Å². The number of thioether (sulfide) groups is 1. The molecule has 2 heterocycles. The van der Waals surface area contributed by atoms with E-state index in [-0.39, 0.29) is 10.5 Å². The maximum absolute atomic E-state index is 12.8. The van der Waals surface area contributed by atoms with Crippen molar-refractivity contribution >= 4 is 29.0 Å². The highest BCUT2D eigenvalue weighted by Crippen LogP contribution is 2.31. The van der Waals surface area contributed by atoms with Crippen LogP contribution in [-0.4, -0.2) is 21.0 Å². The first-order valence-electron chi connectivity index (χ1n) is 8.50. The first-order valence-corrected chi connectivity index (χ1v) is 9.38. The normalized spacial score (nSPS) is 11.1. The summed E-state index contributed by atoms with van der Waals surface area (Å²) in [6, 6.07) is 19.3. The molecule has 0 fully saturated rings. The van der Waals surface area contributed by atoms with E-state index in [1.165, 1.54) is 12.1 Å². The van der Waals surface area contributed by atoms with Crippen LogP contribution in [0.2, 0.25) is 0 Å². The minimum Gasteiger partial charge on any atom is -0.321 e. The van der Waals surface area contributed by atoms with Gasteiger partial charge in [0.1, 0.15) is 5.65 Å². The Morgan fingerprint density at radius 1 is 1.00 bits per heavy atom. The zero-order valence-corrected chi connectivity index (χ0v) is 15.4. The Balaban J connectivity index is 1.67. The van der Waals surface area contributed by atoms with Crippen molar-refractivity contribution in [1.82, 2.24) is 9.38 Å². The summed E-state index contributed by atoms with van der Waals surface area (Å²) in [5.41, 5.74) is 3.01. The number of halogens is 2. The summed E-state index contributed by atoms with van der Waals surface area (Å²) >= 11 is 0.358. The molecule has 2 aromatic heterocycles. The predicted molar refractivity (Wildman–Crippen MR) is 107 cm³/mol. The Kier molecular flexibility index (Phi) is 5.08. The van der Waals surface area contributed by atoms with Gasteiger partial charge in [-0.1, -0.05) is 48.2 Å². The zero-order chi connectivity index (χ0) is 19.5. The number of para-hydroxylation sites is 1. The number of imidazole rings is 1. The second-order valence-corrected chi connectivity index (χ2v) is 7.00. The first kappa shape index (κ1) is 18.2. The second kappa shape index (κ2) is 7.82. The molecule has 0 aliphatic carbocycles. The van der Waals surface area contributed by atoms with Crippen LogP contribution >= 0.6 is 11.8 Å². The van der Waals surface area contributed by atoms with E-state index in [0.29, 0.717) is 23.1 Å². The van der Waals surface area contributed by atoms with Crippen LogP contribution in [0.1, 0.15) is 10.4 Å². The van der Waals surface area contributed by atoms with Crippen molar-refractivity contribution in [2.24, 2.45) is 0 Å². The molecule has 1 N–H and O–H groups in total. The lowest BCUT2D eigenvalue weighted by molar-refractivity contribution is 0.102. The Morgan fingerprint density at radius 3 is 2.57 bits per heavy atom. The minimum atomic E-state index is -2.60. The number of nitrogens with one attached hydrogen (secondary N) is 1. The second-order valence-electron chi connectivity index (χ2n) is 5.97. The monoisotopic (exact) mass is 395 g/mol. The van der Waals surface area contributed by atoms with Crippen LogP contribution in [-0.2, 0) is 0 Å². The third kappa shape index (κ3) is 3.75. The van der Waals surface area contributed by atoms with Crippen molar-refractivity contribution < 1.29 is 13.6 Å². The summed E-state index contributed by atoms with van der Waals surface area (Å²) in [6.45, 7) is 0. The summed E-state index contributed by atoms with van der Waals surface area (Å²) in [5.74, 6) is -3.04. The average Bonchev–Trinajstić information content (AvgIpc) is 3.12. The third-order valence-corrected chi connectivity index (χ3v) is 4.95. The summed E-state index contributed by atoms with van der Waals surface area (Å²) in [6.07, 6.45) is 3.77. The Labute approximate surface area is 164 Å². The van der Waals surface area contributed by atoms with Gasteiger partial charge in [0, 0.05) is 22.9 Å². The van der Waals surface area contributed by atoms with Gasteiger partial charge in [-0.2, -0.15) is 8.78 Å². The van der Waals surface area contributed by atoms with Crippen molar-refractivity contribution in [2.75, 3.05) is 5.32 Å². The van der Waals surface area contributed by atoms with E-state index in [1.807, 2.05) is 47.1 Å². The van der Waals surface area contributed by atoms with Gasteiger partial charge in [0.2, 0.25) is 0 Å². The van der Waals surface area contributed by atoms with Crippen molar-refractivity contribution in [3.05, 3.63) is 84.7 Å². The van der Waals surface area contributed by atoms with E-state index < -0.39 is 11.7 Å². The zero-order valence-electron chi connectivity index (χ0n) is 14.5. The molecule has 4 rings (SSSR count). The maximum atomic E-state index is 12.8. The van der Waals surface area contributed by atoms with E-state index in [4.69, 9.17) is 0 Å². The fourth-order valence-corrected chi connectivity index (χ4v) is 3.56. The number of hydrogen-bond acceptors (Lipinski definition) is 3. The van der Waals surface area contributed by atoms with Gasteiger partial charge in [-0.15, -0.1) is 0 Å². The van der Waals surface area contributed by atoms with Gasteiger partial charge in [0.25, 0.3) is 11.7 Å². The van der Waals surface area contributed by atoms with E-state index >= 15 is 0 Å². The molecule has 0 unspecified atom stereocenters. The summed E-state index contributed by atoms with van der Waals surface area (Å²) in [7, 11) is 0. The predicted octanol–water partition coefficient (Wildman–Crippen LogP) is 5.57. The standard InChI is InChI=1S/C21H15F2N3OS/c22-21(23)28-18-10-4-2-8-15(18)20(27)25-16-9-3-1-7-14(16)17-13-26-12-6-5-11-19(26)24-17/h1-13,21H,(H,25,27). The molecule has 4 aromatic rings. The number of anilines is 1. The van der Waals surface area contributed by atoms with Crippen LogP contribution < -0.4 is 5.32 Å². The minimum absolute atomic E-state index is 0.206. The van der Waals surface area contributed by atoms with Gasteiger partial charge in [-0.05, 0) is 30.3 Å². The number of carbonyl (C=O) groups is 1. The molecule has 0 spiro atoms. The molecule has 28 heavy (non-hydrogen) atoms. The SMILES string of the molecule is O=C(Nc1ccccc1-c1cn2ccccc2n1)c1ccccc1SC(F)F. The number of benzene rings is 2. The highest BCUT2D eigenvalue weighted by Gasteiger charge is 2.17. The molecule has 4 nitrogen and oxygen atoms in total. The number of alkyl halides is 2. The average molecular weight is 395 g/mol. The van der Waals surface area contributed by atoms with Gasteiger partial charge in [-0.3, -0.25) is 4.79 Å². The molecule has 0 saturated carbocycles. The van der Waals surface area contributed by atoms with Crippen LogP contribution in [0.5, 0.6) is 0 Å². The van der Waals surface area contributed by atoms with Crippen LogP contribution in [0.25, 0.3) is 16.9 Å². The number of amides is 1. The first-order chi connectivity index (χ1) is 13.6. The molecule has 0 atom stereocenters. The maximum Gasteiger partial charge on any atom is 0.288 e. The number of pyridine rings is 1. The van der Waals surface area contributed by atoms with E-state index in [1.54, 1.807) is 24.3 Å². The fourth-order valence-electron chi connectivity index (χ4n) is 2.92.